The van der Waals surface area contributed by atoms with E-state index in [9.17, 15) is 0 Å². The van der Waals surface area contributed by atoms with E-state index in [0.29, 0.717) is 0 Å². The molecular weight excluding hydrogens is 751 g/mol. The second-order valence-corrected chi connectivity index (χ2v) is 15.8. The van der Waals surface area contributed by atoms with E-state index >= 15 is 0 Å². The van der Waals surface area contributed by atoms with Crippen molar-refractivity contribution < 1.29 is 4.42 Å². The summed E-state index contributed by atoms with van der Waals surface area (Å²) in [5, 5.41) is 2.24. The van der Waals surface area contributed by atoms with Crippen LogP contribution in [-0.4, -0.2) is 0 Å². The fourth-order valence-corrected chi connectivity index (χ4v) is 8.64. The lowest BCUT2D eigenvalue weighted by atomic mass is 9.93. The first-order valence-electron chi connectivity index (χ1n) is 21.1. The topological polar surface area (TPSA) is 16.4 Å². The third-order valence-corrected chi connectivity index (χ3v) is 11.9. The van der Waals surface area contributed by atoms with E-state index in [0.717, 1.165) is 55.7 Å². The summed E-state index contributed by atoms with van der Waals surface area (Å²) in [6, 6.07) is 89.1. The van der Waals surface area contributed by atoms with Crippen molar-refractivity contribution >= 4 is 39.0 Å². The van der Waals surface area contributed by atoms with Crippen LogP contribution in [0.15, 0.2) is 253 Å². The first-order valence-corrected chi connectivity index (χ1v) is 21.1. The number of rotatable bonds is 9. The molecule has 0 aliphatic heterocycles. The summed E-state index contributed by atoms with van der Waals surface area (Å²) in [6.45, 7) is 0. The fourth-order valence-electron chi connectivity index (χ4n) is 8.64. The molecule has 0 bridgehead atoms. The Morgan fingerprint density at radius 1 is 0.210 bits per heavy atom. The van der Waals surface area contributed by atoms with Gasteiger partial charge in [0.05, 0.1) is 0 Å². The molecule has 0 aliphatic carbocycles. The number of hydrogen-bond donors (Lipinski definition) is 0. The second kappa shape index (κ2) is 16.1. The van der Waals surface area contributed by atoms with E-state index in [-0.39, 0.29) is 0 Å². The molecule has 0 N–H and O–H groups in total. The largest absolute Gasteiger partial charge is 0.456 e. The van der Waals surface area contributed by atoms with E-state index in [1.165, 1.54) is 50.1 Å². The molecule has 62 heavy (non-hydrogen) atoms. The van der Waals surface area contributed by atoms with Crippen molar-refractivity contribution in [1.82, 2.24) is 0 Å². The van der Waals surface area contributed by atoms with Gasteiger partial charge >= 0.3 is 0 Å². The first-order chi connectivity index (χ1) is 30.7. The lowest BCUT2D eigenvalue weighted by Gasteiger charge is -2.26. The van der Waals surface area contributed by atoms with Crippen molar-refractivity contribution in [2.24, 2.45) is 0 Å². The molecule has 2 nitrogen and oxygen atoms in total. The molecule has 0 aliphatic rings. The van der Waals surface area contributed by atoms with E-state index in [1.54, 1.807) is 0 Å². The number of hydrogen-bond acceptors (Lipinski definition) is 2. The molecule has 0 fully saturated rings. The van der Waals surface area contributed by atoms with E-state index in [4.69, 9.17) is 4.42 Å². The predicted molar refractivity (Wildman–Crippen MR) is 261 cm³/mol. The predicted octanol–water partition coefficient (Wildman–Crippen LogP) is 17.1. The zero-order valence-electron chi connectivity index (χ0n) is 34.0. The van der Waals surface area contributed by atoms with Crippen molar-refractivity contribution in [3.8, 4) is 66.8 Å². The van der Waals surface area contributed by atoms with Gasteiger partial charge in [-0.15, -0.1) is 0 Å². The maximum Gasteiger partial charge on any atom is 0.135 e. The van der Waals surface area contributed by atoms with E-state index in [1.807, 2.05) is 0 Å². The van der Waals surface area contributed by atoms with Gasteiger partial charge in [-0.3, -0.25) is 0 Å². The Kier molecular flexibility index (Phi) is 9.57. The molecule has 0 unspecified atom stereocenters. The Morgan fingerprint density at radius 2 is 0.468 bits per heavy atom. The van der Waals surface area contributed by atoms with Crippen LogP contribution in [0.25, 0.3) is 88.7 Å². The third kappa shape index (κ3) is 7.25. The lowest BCUT2D eigenvalue weighted by molar-refractivity contribution is 0.669. The van der Waals surface area contributed by atoms with Gasteiger partial charge in [-0.2, -0.15) is 0 Å². The molecule has 0 amide bonds. The third-order valence-electron chi connectivity index (χ3n) is 11.9. The summed E-state index contributed by atoms with van der Waals surface area (Å²) in [4.78, 5) is 2.34. The highest BCUT2D eigenvalue weighted by atomic mass is 16.3. The average Bonchev–Trinajstić information content (AvgIpc) is 3.73. The van der Waals surface area contributed by atoms with Crippen LogP contribution in [0.1, 0.15) is 0 Å². The van der Waals surface area contributed by atoms with Crippen LogP contribution >= 0.6 is 0 Å². The normalized spacial score (nSPS) is 11.2. The number of fused-ring (bicyclic) bond motifs is 3. The first kappa shape index (κ1) is 36.8. The molecule has 1 heterocycles. The molecule has 0 atom stereocenters. The van der Waals surface area contributed by atoms with Crippen molar-refractivity contribution in [2.75, 3.05) is 4.90 Å². The highest BCUT2D eigenvalue weighted by Crippen LogP contribution is 2.40. The van der Waals surface area contributed by atoms with E-state index in [2.05, 4.69) is 254 Å². The summed E-state index contributed by atoms with van der Waals surface area (Å²) in [6.07, 6.45) is 0. The summed E-state index contributed by atoms with van der Waals surface area (Å²) >= 11 is 0. The highest BCUT2D eigenvalue weighted by Gasteiger charge is 2.16. The Morgan fingerprint density at radius 3 is 0.823 bits per heavy atom. The minimum Gasteiger partial charge on any atom is -0.456 e. The van der Waals surface area contributed by atoms with Crippen molar-refractivity contribution in [1.29, 1.82) is 0 Å². The average molecular weight is 792 g/mol. The number of benzene rings is 10. The van der Waals surface area contributed by atoms with Gasteiger partial charge in [-0.05, 0) is 146 Å². The van der Waals surface area contributed by atoms with Gasteiger partial charge in [0.2, 0.25) is 0 Å². The van der Waals surface area contributed by atoms with Crippen LogP contribution in [0.5, 0.6) is 0 Å². The molecular formula is C60H41NO. The number of nitrogens with zero attached hydrogens (tertiary/aromatic N) is 1. The van der Waals surface area contributed by atoms with E-state index < -0.39 is 0 Å². The minimum absolute atomic E-state index is 0.891. The van der Waals surface area contributed by atoms with Gasteiger partial charge in [-0.1, -0.05) is 170 Å². The molecule has 1 aromatic heterocycles. The van der Waals surface area contributed by atoms with Crippen LogP contribution in [-0.2, 0) is 0 Å². The molecule has 0 saturated carbocycles. The molecule has 11 rings (SSSR count). The van der Waals surface area contributed by atoms with Crippen molar-refractivity contribution in [3.05, 3.63) is 249 Å². The molecule has 10 aromatic carbocycles. The Bertz CT molecular complexity index is 3220. The monoisotopic (exact) mass is 791 g/mol. The SMILES string of the molecule is c1ccc(-c2ccc(N(c3ccc(-c4cc(-c5ccccc5)cc(-c5ccccc5)c4)cc3)c3ccc(-c4ccc5oc6ccc(-c7ccccc7)cc6c5c4)cc3)cc2)cc1. The smallest absolute Gasteiger partial charge is 0.135 e. The minimum atomic E-state index is 0.891. The molecule has 0 radical (unpaired) electrons. The fraction of sp³-hybridized carbons (Fsp3) is 0. The van der Waals surface area contributed by atoms with Gasteiger partial charge in [0.15, 0.2) is 0 Å². The van der Waals surface area contributed by atoms with Crippen LogP contribution in [0.4, 0.5) is 17.1 Å². The zero-order chi connectivity index (χ0) is 41.2. The van der Waals surface area contributed by atoms with Crippen LogP contribution < -0.4 is 4.90 Å². The summed E-state index contributed by atoms with van der Waals surface area (Å²) < 4.78 is 6.30. The molecule has 292 valence electrons. The Labute approximate surface area is 362 Å². The summed E-state index contributed by atoms with van der Waals surface area (Å²) in [5.41, 5.74) is 19.2. The molecule has 11 aromatic rings. The highest BCUT2D eigenvalue weighted by molar-refractivity contribution is 6.07. The quantitative estimate of drug-likeness (QED) is 0.145. The second-order valence-electron chi connectivity index (χ2n) is 15.8. The lowest BCUT2D eigenvalue weighted by Crippen LogP contribution is -2.09. The van der Waals surface area contributed by atoms with Gasteiger partial charge in [0, 0.05) is 27.8 Å². The van der Waals surface area contributed by atoms with Gasteiger partial charge < -0.3 is 9.32 Å². The van der Waals surface area contributed by atoms with Gasteiger partial charge in [0.1, 0.15) is 11.2 Å². The molecule has 2 heteroatoms. The maximum atomic E-state index is 6.30. The number of furan rings is 1. The van der Waals surface area contributed by atoms with Crippen molar-refractivity contribution in [2.45, 2.75) is 0 Å². The molecule has 0 saturated heterocycles. The summed E-state index contributed by atoms with van der Waals surface area (Å²) in [7, 11) is 0. The Hall–Kier alpha value is -8.20. The Balaban J connectivity index is 0.962. The standard InChI is InChI=1S/C60H41NO/c1-5-13-42(14-6-1)46-21-29-54(30-22-46)61(56-33-25-48(26-34-56)53-38-51(44-17-9-3-10-18-44)37-52(39-53)45-19-11-4-12-20-45)55-31-23-47(24-32-55)50-28-36-60-58(41-50)57-40-49(27-35-59(57)62-60)43-15-7-2-8-16-43/h1-41H. The summed E-state index contributed by atoms with van der Waals surface area (Å²) in [5.74, 6) is 0. The zero-order valence-corrected chi connectivity index (χ0v) is 34.0. The van der Waals surface area contributed by atoms with Crippen LogP contribution in [0, 0.1) is 0 Å². The van der Waals surface area contributed by atoms with Gasteiger partial charge in [-0.25, -0.2) is 0 Å². The molecule has 0 spiro atoms. The van der Waals surface area contributed by atoms with Gasteiger partial charge in [0.25, 0.3) is 0 Å². The van der Waals surface area contributed by atoms with Crippen molar-refractivity contribution in [3.63, 3.8) is 0 Å². The maximum absolute atomic E-state index is 6.30. The van der Waals surface area contributed by atoms with Crippen LogP contribution in [0.2, 0.25) is 0 Å². The van der Waals surface area contributed by atoms with Crippen LogP contribution in [0.3, 0.4) is 0 Å². The number of anilines is 3.